The van der Waals surface area contributed by atoms with Crippen LogP contribution in [-0.2, 0) is 13.2 Å². The van der Waals surface area contributed by atoms with Crippen molar-refractivity contribution in [3.63, 3.8) is 0 Å². The second-order valence-electron chi connectivity index (χ2n) is 7.35. The Hall–Kier alpha value is -4.23. The monoisotopic (exact) mass is 423 g/mol. The molecule has 0 radical (unpaired) electrons. The fourth-order valence-electron chi connectivity index (χ4n) is 3.63. The number of imidazole rings is 1. The molecule has 0 aliphatic heterocycles. The van der Waals surface area contributed by atoms with E-state index in [0.717, 1.165) is 28.0 Å². The van der Waals surface area contributed by atoms with E-state index in [1.165, 1.54) is 6.33 Å². The van der Waals surface area contributed by atoms with Gasteiger partial charge in [0, 0.05) is 11.1 Å². The quantitative estimate of drug-likeness (QED) is 0.426. The third-order valence-corrected chi connectivity index (χ3v) is 5.18. The largest absolute Gasteiger partial charge is 0.489 e. The van der Waals surface area contributed by atoms with Gasteiger partial charge in [-0.05, 0) is 29.3 Å². The number of fused-ring (bicyclic) bond motifs is 1. The van der Waals surface area contributed by atoms with Gasteiger partial charge in [0.25, 0.3) is 0 Å². The molecule has 0 bridgehead atoms. The lowest BCUT2D eigenvalue weighted by Gasteiger charge is -2.08. The van der Waals surface area contributed by atoms with Crippen LogP contribution in [0, 0.1) is 0 Å². The Morgan fingerprint density at radius 1 is 0.875 bits per heavy atom. The van der Waals surface area contributed by atoms with Gasteiger partial charge in [-0.2, -0.15) is 5.10 Å². The molecule has 0 atom stereocenters. The number of nitrogens with zero attached hydrogens (tertiary/aromatic N) is 4. The Labute approximate surface area is 184 Å². The van der Waals surface area contributed by atoms with Crippen molar-refractivity contribution in [2.75, 3.05) is 5.73 Å². The van der Waals surface area contributed by atoms with Crippen LogP contribution in [0.5, 0.6) is 5.75 Å². The Balaban J connectivity index is 1.57. The van der Waals surface area contributed by atoms with Crippen LogP contribution in [0.4, 0.5) is 5.82 Å². The number of ether oxygens (including phenoxy) is 1. The molecule has 0 saturated heterocycles. The number of hydrogen-bond donors (Lipinski definition) is 2. The van der Waals surface area contributed by atoms with Gasteiger partial charge in [-0.25, -0.2) is 14.5 Å². The van der Waals surface area contributed by atoms with Gasteiger partial charge in [-0.15, -0.1) is 0 Å². The molecule has 3 aromatic carbocycles. The first-order chi connectivity index (χ1) is 15.7. The normalized spacial score (nSPS) is 11.0. The zero-order chi connectivity index (χ0) is 21.9. The van der Waals surface area contributed by atoms with Gasteiger partial charge in [0.2, 0.25) is 0 Å². The summed E-state index contributed by atoms with van der Waals surface area (Å²) in [6.45, 7) is 0.417. The predicted molar refractivity (Wildman–Crippen MR) is 123 cm³/mol. The smallest absolute Gasteiger partial charge is 0.162 e. The van der Waals surface area contributed by atoms with Crippen LogP contribution in [-0.4, -0.2) is 24.7 Å². The Morgan fingerprint density at radius 3 is 2.50 bits per heavy atom. The molecule has 0 saturated carbocycles. The van der Waals surface area contributed by atoms with E-state index < -0.39 is 0 Å². The number of benzene rings is 3. The number of anilines is 1. The molecule has 0 spiro atoms. The number of hydrogen-bond acceptors (Lipinski definition) is 6. The van der Waals surface area contributed by atoms with Crippen molar-refractivity contribution >= 4 is 11.3 Å². The minimum atomic E-state index is -0.0536. The van der Waals surface area contributed by atoms with Gasteiger partial charge in [0.1, 0.15) is 29.9 Å². The summed E-state index contributed by atoms with van der Waals surface area (Å²) < 4.78 is 7.68. The second kappa shape index (κ2) is 8.49. The Morgan fingerprint density at radius 2 is 1.66 bits per heavy atom. The molecule has 2 aromatic heterocycles. The highest BCUT2D eigenvalue weighted by molar-refractivity contribution is 5.87. The van der Waals surface area contributed by atoms with Crippen LogP contribution in [0.15, 0.2) is 85.2 Å². The summed E-state index contributed by atoms with van der Waals surface area (Å²) >= 11 is 0. The number of aromatic nitrogens is 4. The van der Waals surface area contributed by atoms with E-state index in [-0.39, 0.29) is 6.61 Å². The topological polar surface area (TPSA) is 98.6 Å². The van der Waals surface area contributed by atoms with Crippen molar-refractivity contribution in [2.45, 2.75) is 13.2 Å². The van der Waals surface area contributed by atoms with Gasteiger partial charge in [-0.3, -0.25) is 0 Å². The molecular weight excluding hydrogens is 402 g/mol. The highest BCUT2D eigenvalue weighted by Gasteiger charge is 2.19. The number of nitrogens with two attached hydrogens (primary N) is 1. The van der Waals surface area contributed by atoms with Gasteiger partial charge < -0.3 is 15.6 Å². The van der Waals surface area contributed by atoms with Crippen molar-refractivity contribution in [1.29, 1.82) is 0 Å². The van der Waals surface area contributed by atoms with Crippen molar-refractivity contribution < 1.29 is 9.84 Å². The standard InChI is InChI=1S/C25H21N5O2/c26-24-23-22(19-9-5-11-21(13-19)32-15-17-6-2-1-3-7-17)29-25(30(23)28-16-27-24)20-10-4-8-18(12-20)14-31/h1-13,16,31H,14-15H2,(H2,26,27,28). The number of rotatable bonds is 6. The molecule has 0 aliphatic rings. The SMILES string of the molecule is Nc1ncnn2c(-c3cccc(CO)c3)nc(-c3cccc(OCc4ccccc4)c3)c12. The van der Waals surface area contributed by atoms with Crippen molar-refractivity contribution in [1.82, 2.24) is 19.6 Å². The van der Waals surface area contributed by atoms with E-state index in [4.69, 9.17) is 15.5 Å². The molecule has 7 heteroatoms. The lowest BCUT2D eigenvalue weighted by atomic mass is 10.1. The number of nitrogen functional groups attached to an aromatic ring is 1. The van der Waals surface area contributed by atoms with Gasteiger partial charge >= 0.3 is 0 Å². The summed E-state index contributed by atoms with van der Waals surface area (Å²) in [5.74, 6) is 1.68. The minimum absolute atomic E-state index is 0.0536. The molecule has 0 fully saturated rings. The van der Waals surface area contributed by atoms with Crippen LogP contribution in [0.2, 0.25) is 0 Å². The van der Waals surface area contributed by atoms with Gasteiger partial charge in [-0.1, -0.05) is 60.7 Å². The fourth-order valence-corrected chi connectivity index (χ4v) is 3.63. The molecule has 7 nitrogen and oxygen atoms in total. The van der Waals surface area contributed by atoms with Crippen LogP contribution < -0.4 is 10.5 Å². The van der Waals surface area contributed by atoms with Crippen molar-refractivity contribution in [3.05, 3.63) is 96.3 Å². The lowest BCUT2D eigenvalue weighted by Crippen LogP contribution is -2.01. The van der Waals surface area contributed by atoms with Crippen LogP contribution in [0.3, 0.4) is 0 Å². The van der Waals surface area contributed by atoms with E-state index >= 15 is 0 Å². The van der Waals surface area contributed by atoms with E-state index in [0.29, 0.717) is 29.5 Å². The fraction of sp³-hybridized carbons (Fsp3) is 0.0800. The zero-order valence-electron chi connectivity index (χ0n) is 17.2. The van der Waals surface area contributed by atoms with E-state index in [9.17, 15) is 5.11 Å². The number of aliphatic hydroxyl groups excluding tert-OH is 1. The lowest BCUT2D eigenvalue weighted by molar-refractivity contribution is 0.282. The molecule has 2 heterocycles. The minimum Gasteiger partial charge on any atom is -0.489 e. The van der Waals surface area contributed by atoms with E-state index in [1.54, 1.807) is 4.52 Å². The maximum atomic E-state index is 9.53. The Kier molecular flexibility index (Phi) is 5.23. The molecule has 5 rings (SSSR count). The second-order valence-corrected chi connectivity index (χ2v) is 7.35. The highest BCUT2D eigenvalue weighted by atomic mass is 16.5. The summed E-state index contributed by atoms with van der Waals surface area (Å²) in [6, 6.07) is 25.3. The first-order valence-corrected chi connectivity index (χ1v) is 10.2. The zero-order valence-corrected chi connectivity index (χ0v) is 17.2. The molecule has 0 amide bonds. The van der Waals surface area contributed by atoms with Crippen molar-refractivity contribution in [2.24, 2.45) is 0 Å². The first-order valence-electron chi connectivity index (χ1n) is 10.2. The average Bonchev–Trinajstić information content (AvgIpc) is 3.25. The van der Waals surface area contributed by atoms with E-state index in [1.807, 2.05) is 78.9 Å². The summed E-state index contributed by atoms with van der Waals surface area (Å²) in [5, 5.41) is 13.9. The van der Waals surface area contributed by atoms with Gasteiger partial charge in [0.15, 0.2) is 11.6 Å². The Bertz CT molecular complexity index is 1380. The van der Waals surface area contributed by atoms with Gasteiger partial charge in [0.05, 0.1) is 6.61 Å². The molecule has 0 unspecified atom stereocenters. The maximum Gasteiger partial charge on any atom is 0.162 e. The summed E-state index contributed by atoms with van der Waals surface area (Å²) in [5.41, 5.74) is 11.1. The van der Waals surface area contributed by atoms with Crippen LogP contribution in [0.1, 0.15) is 11.1 Å². The number of aliphatic hydroxyl groups is 1. The first kappa shape index (κ1) is 19.7. The van der Waals surface area contributed by atoms with Crippen molar-refractivity contribution in [3.8, 4) is 28.4 Å². The average molecular weight is 423 g/mol. The predicted octanol–water partition coefficient (Wildman–Crippen LogP) is 4.11. The third-order valence-electron chi connectivity index (χ3n) is 5.18. The summed E-state index contributed by atoms with van der Waals surface area (Å²) in [6.07, 6.45) is 1.41. The van der Waals surface area contributed by atoms with Crippen LogP contribution in [0.25, 0.3) is 28.2 Å². The third kappa shape index (κ3) is 3.77. The molecule has 32 heavy (non-hydrogen) atoms. The molecule has 158 valence electrons. The molecular formula is C25H21N5O2. The highest BCUT2D eigenvalue weighted by Crippen LogP contribution is 2.33. The molecule has 3 N–H and O–H groups in total. The summed E-state index contributed by atoms with van der Waals surface area (Å²) in [7, 11) is 0. The summed E-state index contributed by atoms with van der Waals surface area (Å²) in [4.78, 5) is 9.04. The van der Waals surface area contributed by atoms with E-state index in [2.05, 4.69) is 10.1 Å². The van der Waals surface area contributed by atoms with Crippen LogP contribution >= 0.6 is 0 Å². The molecule has 5 aromatic rings. The maximum absolute atomic E-state index is 9.53. The molecule has 0 aliphatic carbocycles.